The Hall–Kier alpha value is -1.50. The molecule has 1 heterocycles. The highest BCUT2D eigenvalue weighted by molar-refractivity contribution is 5.48. The van der Waals surface area contributed by atoms with Gasteiger partial charge in [-0.15, -0.1) is 0 Å². The minimum atomic E-state index is 1.27. The maximum atomic E-state index is 2.41. The normalized spacial score (nSPS) is 14.1. The summed E-state index contributed by atoms with van der Waals surface area (Å²) in [4.78, 5) is 0. The van der Waals surface area contributed by atoms with Gasteiger partial charge in [-0.05, 0) is 56.4 Å². The summed E-state index contributed by atoms with van der Waals surface area (Å²) in [7, 11) is 0. The Balaban J connectivity index is 2.23. The lowest BCUT2D eigenvalue weighted by molar-refractivity contribution is 0.855. The molecule has 2 aromatic rings. The molecule has 0 N–H and O–H groups in total. The van der Waals surface area contributed by atoms with Crippen LogP contribution in [-0.2, 0) is 12.8 Å². The van der Waals surface area contributed by atoms with E-state index < -0.39 is 0 Å². The van der Waals surface area contributed by atoms with Crippen LogP contribution in [0, 0.1) is 13.8 Å². The summed E-state index contributed by atoms with van der Waals surface area (Å²) < 4.78 is 2.41. The molecule has 0 radical (unpaired) electrons. The summed E-state index contributed by atoms with van der Waals surface area (Å²) in [5.41, 5.74) is 7.38. The van der Waals surface area contributed by atoms with E-state index in [1.54, 1.807) is 11.1 Å². The van der Waals surface area contributed by atoms with E-state index in [0.717, 1.165) is 0 Å². The zero-order valence-corrected chi connectivity index (χ0v) is 9.96. The molecule has 0 unspecified atom stereocenters. The molecule has 1 aromatic heterocycles. The molecule has 0 spiro atoms. The second kappa shape index (κ2) is 3.51. The minimum Gasteiger partial charge on any atom is -0.318 e. The lowest BCUT2D eigenvalue weighted by atomic mass is 10.2. The van der Waals surface area contributed by atoms with Crippen LogP contribution in [0.4, 0.5) is 0 Å². The Morgan fingerprint density at radius 2 is 1.44 bits per heavy atom. The molecule has 0 saturated carbocycles. The maximum Gasteiger partial charge on any atom is 0.0455 e. The predicted molar refractivity (Wildman–Crippen MR) is 67.3 cm³/mol. The van der Waals surface area contributed by atoms with Gasteiger partial charge in [-0.2, -0.15) is 0 Å². The zero-order chi connectivity index (χ0) is 11.1. The fourth-order valence-electron chi connectivity index (χ4n) is 3.03. The third-order valence-corrected chi connectivity index (χ3v) is 3.78. The SMILES string of the molecule is Cc1c2c(c(C)n1-c1ccccc1)CCC2. The van der Waals surface area contributed by atoms with Gasteiger partial charge in [-0.1, -0.05) is 18.2 Å². The number of hydrogen-bond acceptors (Lipinski definition) is 0. The standard InChI is InChI=1S/C15H17N/c1-11-14-9-6-10-15(14)12(2)16(11)13-7-4-3-5-8-13/h3-5,7-8H,6,9-10H2,1-2H3. The third kappa shape index (κ3) is 1.24. The van der Waals surface area contributed by atoms with Gasteiger partial charge in [-0.3, -0.25) is 0 Å². The lowest BCUT2D eigenvalue weighted by Crippen LogP contribution is -2.00. The number of rotatable bonds is 1. The molecular weight excluding hydrogens is 194 g/mol. The van der Waals surface area contributed by atoms with Crippen LogP contribution in [0.1, 0.15) is 28.9 Å². The Morgan fingerprint density at radius 1 is 0.875 bits per heavy atom. The molecule has 1 aliphatic carbocycles. The van der Waals surface area contributed by atoms with Gasteiger partial charge in [0.25, 0.3) is 0 Å². The summed E-state index contributed by atoms with van der Waals surface area (Å²) in [5.74, 6) is 0. The van der Waals surface area contributed by atoms with Crippen molar-refractivity contribution in [3.8, 4) is 5.69 Å². The highest BCUT2D eigenvalue weighted by Crippen LogP contribution is 2.32. The topological polar surface area (TPSA) is 4.93 Å². The average Bonchev–Trinajstić information content (AvgIpc) is 2.86. The molecule has 3 rings (SSSR count). The fourth-order valence-corrected chi connectivity index (χ4v) is 3.03. The molecule has 1 aromatic carbocycles. The van der Waals surface area contributed by atoms with Crippen LogP contribution in [0.25, 0.3) is 5.69 Å². The van der Waals surface area contributed by atoms with Crippen molar-refractivity contribution in [2.75, 3.05) is 0 Å². The largest absolute Gasteiger partial charge is 0.318 e. The van der Waals surface area contributed by atoms with Crippen molar-refractivity contribution in [3.63, 3.8) is 0 Å². The second-order valence-electron chi connectivity index (χ2n) is 4.65. The van der Waals surface area contributed by atoms with E-state index in [4.69, 9.17) is 0 Å². The molecule has 0 amide bonds. The summed E-state index contributed by atoms with van der Waals surface area (Å²) in [5, 5.41) is 0. The van der Waals surface area contributed by atoms with Crippen molar-refractivity contribution < 1.29 is 0 Å². The number of fused-ring (bicyclic) bond motifs is 1. The molecule has 0 saturated heterocycles. The van der Waals surface area contributed by atoms with Gasteiger partial charge in [0, 0.05) is 17.1 Å². The number of nitrogens with zero attached hydrogens (tertiary/aromatic N) is 1. The summed E-state index contributed by atoms with van der Waals surface area (Å²) in [6.45, 7) is 4.51. The van der Waals surface area contributed by atoms with Gasteiger partial charge in [-0.25, -0.2) is 0 Å². The van der Waals surface area contributed by atoms with Crippen molar-refractivity contribution >= 4 is 0 Å². The number of para-hydroxylation sites is 1. The van der Waals surface area contributed by atoms with Crippen LogP contribution in [0.2, 0.25) is 0 Å². The summed E-state index contributed by atoms with van der Waals surface area (Å²) in [6, 6.07) is 10.7. The molecule has 1 aliphatic rings. The number of hydrogen-bond donors (Lipinski definition) is 0. The molecule has 0 aliphatic heterocycles. The monoisotopic (exact) mass is 211 g/mol. The van der Waals surface area contributed by atoms with Crippen molar-refractivity contribution in [2.24, 2.45) is 0 Å². The van der Waals surface area contributed by atoms with Gasteiger partial charge >= 0.3 is 0 Å². The first-order valence-corrected chi connectivity index (χ1v) is 6.04. The van der Waals surface area contributed by atoms with Crippen LogP contribution in [0.5, 0.6) is 0 Å². The zero-order valence-electron chi connectivity index (χ0n) is 9.96. The van der Waals surface area contributed by atoms with Crippen LogP contribution in [0.3, 0.4) is 0 Å². The number of benzene rings is 1. The van der Waals surface area contributed by atoms with Gasteiger partial charge in [0.15, 0.2) is 0 Å². The first-order valence-electron chi connectivity index (χ1n) is 6.04. The van der Waals surface area contributed by atoms with Crippen molar-refractivity contribution in [3.05, 3.63) is 52.8 Å². The van der Waals surface area contributed by atoms with Crippen LogP contribution in [0.15, 0.2) is 30.3 Å². The Labute approximate surface area is 96.7 Å². The van der Waals surface area contributed by atoms with Gasteiger partial charge in [0.05, 0.1) is 0 Å². The number of aromatic nitrogens is 1. The third-order valence-electron chi connectivity index (χ3n) is 3.78. The molecular formula is C15H17N. The molecule has 16 heavy (non-hydrogen) atoms. The average molecular weight is 211 g/mol. The van der Waals surface area contributed by atoms with Gasteiger partial charge in [0.2, 0.25) is 0 Å². The predicted octanol–water partition coefficient (Wildman–Crippen LogP) is 3.58. The molecule has 0 atom stereocenters. The highest BCUT2D eigenvalue weighted by atomic mass is 15.0. The lowest BCUT2D eigenvalue weighted by Gasteiger charge is -2.10. The quantitative estimate of drug-likeness (QED) is 0.679. The molecule has 0 bridgehead atoms. The van der Waals surface area contributed by atoms with E-state index in [0.29, 0.717) is 0 Å². The Bertz CT molecular complexity index is 493. The Morgan fingerprint density at radius 3 is 2.00 bits per heavy atom. The smallest absolute Gasteiger partial charge is 0.0455 e. The molecule has 0 fully saturated rings. The first-order chi connectivity index (χ1) is 7.79. The van der Waals surface area contributed by atoms with Crippen LogP contribution in [-0.4, -0.2) is 4.57 Å². The van der Waals surface area contributed by atoms with E-state index in [2.05, 4.69) is 48.7 Å². The maximum absolute atomic E-state index is 2.41. The minimum absolute atomic E-state index is 1.27. The highest BCUT2D eigenvalue weighted by Gasteiger charge is 2.21. The van der Waals surface area contributed by atoms with Gasteiger partial charge in [0.1, 0.15) is 0 Å². The summed E-state index contributed by atoms with van der Waals surface area (Å²) >= 11 is 0. The van der Waals surface area contributed by atoms with Crippen molar-refractivity contribution in [1.82, 2.24) is 4.57 Å². The fraction of sp³-hybridized carbons (Fsp3) is 0.333. The summed E-state index contributed by atoms with van der Waals surface area (Å²) in [6.07, 6.45) is 3.87. The van der Waals surface area contributed by atoms with Crippen molar-refractivity contribution in [1.29, 1.82) is 0 Å². The van der Waals surface area contributed by atoms with Crippen molar-refractivity contribution in [2.45, 2.75) is 33.1 Å². The second-order valence-corrected chi connectivity index (χ2v) is 4.65. The van der Waals surface area contributed by atoms with E-state index in [1.807, 2.05) is 0 Å². The van der Waals surface area contributed by atoms with E-state index in [-0.39, 0.29) is 0 Å². The Kier molecular flexibility index (Phi) is 2.13. The van der Waals surface area contributed by atoms with E-state index >= 15 is 0 Å². The van der Waals surface area contributed by atoms with E-state index in [1.165, 1.54) is 36.3 Å². The van der Waals surface area contributed by atoms with Crippen LogP contribution < -0.4 is 0 Å². The van der Waals surface area contributed by atoms with Gasteiger partial charge < -0.3 is 4.57 Å². The molecule has 1 heteroatoms. The molecule has 82 valence electrons. The first kappa shape index (κ1) is 9.71. The molecule has 1 nitrogen and oxygen atoms in total. The van der Waals surface area contributed by atoms with Crippen LogP contribution >= 0.6 is 0 Å². The van der Waals surface area contributed by atoms with E-state index in [9.17, 15) is 0 Å².